The molecule has 0 radical (unpaired) electrons. The van der Waals surface area contributed by atoms with Crippen molar-refractivity contribution in [2.45, 2.75) is 65.3 Å². The second-order valence-electron chi connectivity index (χ2n) is 9.02. The standard InChI is InChI=1S/C24H31N5O2/c1-16(2)14-22(31)28-12-9-18(10-13-28)23-26-17(3)20-7-8-21(30)29(24(20)27-23)15-19-6-4-5-11-25-19/h4-6,11,16,18H,7-10,12-15H2,1-3H3. The lowest BCUT2D eigenvalue weighted by Gasteiger charge is -2.33. The van der Waals surface area contributed by atoms with E-state index in [9.17, 15) is 9.59 Å². The average Bonchev–Trinajstić information content (AvgIpc) is 2.76. The van der Waals surface area contributed by atoms with Gasteiger partial charge in [-0.05, 0) is 44.2 Å². The Balaban J connectivity index is 1.54. The predicted molar refractivity (Wildman–Crippen MR) is 119 cm³/mol. The lowest BCUT2D eigenvalue weighted by molar-refractivity contribution is -0.133. The molecule has 2 aromatic heterocycles. The summed E-state index contributed by atoms with van der Waals surface area (Å²) >= 11 is 0. The van der Waals surface area contributed by atoms with E-state index in [1.807, 2.05) is 30.0 Å². The van der Waals surface area contributed by atoms with Gasteiger partial charge in [-0.2, -0.15) is 0 Å². The van der Waals surface area contributed by atoms with Gasteiger partial charge in [0.15, 0.2) is 0 Å². The molecule has 7 nitrogen and oxygen atoms in total. The summed E-state index contributed by atoms with van der Waals surface area (Å²) in [5.74, 6) is 2.44. The SMILES string of the molecule is Cc1nc(C2CCN(C(=O)CC(C)C)CC2)nc2c1CCC(=O)N2Cc1ccccn1. The topological polar surface area (TPSA) is 79.3 Å². The maximum atomic E-state index is 12.8. The first kappa shape index (κ1) is 21.4. The third kappa shape index (κ3) is 4.75. The van der Waals surface area contributed by atoms with Gasteiger partial charge in [-0.3, -0.25) is 19.5 Å². The van der Waals surface area contributed by atoms with Gasteiger partial charge in [0.05, 0.1) is 12.2 Å². The maximum absolute atomic E-state index is 12.8. The Labute approximate surface area is 183 Å². The fraction of sp³-hybridized carbons (Fsp3) is 0.542. The van der Waals surface area contributed by atoms with Crippen LogP contribution in [0, 0.1) is 12.8 Å². The van der Waals surface area contributed by atoms with E-state index in [-0.39, 0.29) is 17.7 Å². The first-order valence-electron chi connectivity index (χ1n) is 11.3. The minimum absolute atomic E-state index is 0.0799. The number of hydrogen-bond donors (Lipinski definition) is 0. The average molecular weight is 422 g/mol. The summed E-state index contributed by atoms with van der Waals surface area (Å²) < 4.78 is 0. The lowest BCUT2D eigenvalue weighted by atomic mass is 9.94. The number of aromatic nitrogens is 3. The van der Waals surface area contributed by atoms with Crippen molar-refractivity contribution in [3.05, 3.63) is 47.2 Å². The van der Waals surface area contributed by atoms with Crippen molar-refractivity contribution in [1.82, 2.24) is 19.9 Å². The van der Waals surface area contributed by atoms with Gasteiger partial charge in [-0.25, -0.2) is 9.97 Å². The molecule has 0 unspecified atom stereocenters. The molecule has 0 bridgehead atoms. The maximum Gasteiger partial charge on any atom is 0.228 e. The third-order valence-electron chi connectivity index (χ3n) is 6.20. The Bertz CT molecular complexity index is 952. The van der Waals surface area contributed by atoms with Crippen LogP contribution in [0.25, 0.3) is 0 Å². The smallest absolute Gasteiger partial charge is 0.228 e. The molecule has 0 saturated carbocycles. The van der Waals surface area contributed by atoms with Gasteiger partial charge in [0.25, 0.3) is 0 Å². The first-order chi connectivity index (χ1) is 14.9. The fourth-order valence-corrected chi connectivity index (χ4v) is 4.47. The van der Waals surface area contributed by atoms with E-state index in [0.717, 1.165) is 54.5 Å². The number of likely N-dealkylation sites (tertiary alicyclic amines) is 1. The van der Waals surface area contributed by atoms with Crippen LogP contribution in [-0.4, -0.2) is 44.8 Å². The van der Waals surface area contributed by atoms with E-state index in [4.69, 9.17) is 9.97 Å². The molecule has 0 atom stereocenters. The van der Waals surface area contributed by atoms with Gasteiger partial charge in [0, 0.05) is 49.3 Å². The summed E-state index contributed by atoms with van der Waals surface area (Å²) in [5.41, 5.74) is 2.86. The van der Waals surface area contributed by atoms with E-state index < -0.39 is 0 Å². The number of amides is 2. The number of carbonyl (C=O) groups excluding carboxylic acids is 2. The van der Waals surface area contributed by atoms with E-state index in [1.165, 1.54) is 0 Å². The molecule has 1 fully saturated rings. The number of fused-ring (bicyclic) bond motifs is 1. The number of pyridine rings is 1. The van der Waals surface area contributed by atoms with Crippen molar-refractivity contribution < 1.29 is 9.59 Å². The minimum atomic E-state index is 0.0799. The second kappa shape index (κ2) is 9.12. The summed E-state index contributed by atoms with van der Waals surface area (Å²) in [6, 6.07) is 5.74. The van der Waals surface area contributed by atoms with E-state index >= 15 is 0 Å². The summed E-state index contributed by atoms with van der Waals surface area (Å²) in [6.07, 6.45) is 5.22. The zero-order valence-corrected chi connectivity index (χ0v) is 18.7. The largest absolute Gasteiger partial charge is 0.343 e. The van der Waals surface area contributed by atoms with Crippen LogP contribution in [0.3, 0.4) is 0 Å². The Kier molecular flexibility index (Phi) is 6.30. The molecular formula is C24H31N5O2. The third-order valence-corrected chi connectivity index (χ3v) is 6.20. The first-order valence-corrected chi connectivity index (χ1v) is 11.3. The Morgan fingerprint density at radius 3 is 2.61 bits per heavy atom. The number of aryl methyl sites for hydroxylation is 1. The Hall–Kier alpha value is -2.83. The van der Waals surface area contributed by atoms with Crippen LogP contribution in [0.2, 0.25) is 0 Å². The second-order valence-corrected chi connectivity index (χ2v) is 9.02. The predicted octanol–water partition coefficient (Wildman–Crippen LogP) is 3.41. The molecule has 0 aliphatic carbocycles. The van der Waals surface area contributed by atoms with Gasteiger partial charge >= 0.3 is 0 Å². The normalized spacial score (nSPS) is 17.2. The molecule has 1 saturated heterocycles. The van der Waals surface area contributed by atoms with Crippen molar-refractivity contribution in [3.8, 4) is 0 Å². The van der Waals surface area contributed by atoms with Gasteiger partial charge in [0.1, 0.15) is 11.6 Å². The molecule has 2 amide bonds. The van der Waals surface area contributed by atoms with Crippen molar-refractivity contribution in [1.29, 1.82) is 0 Å². The molecule has 31 heavy (non-hydrogen) atoms. The van der Waals surface area contributed by atoms with Crippen LogP contribution in [0.15, 0.2) is 24.4 Å². The van der Waals surface area contributed by atoms with Crippen LogP contribution in [0.4, 0.5) is 5.82 Å². The van der Waals surface area contributed by atoms with Crippen LogP contribution in [-0.2, 0) is 22.6 Å². The van der Waals surface area contributed by atoms with Crippen LogP contribution >= 0.6 is 0 Å². The molecule has 4 rings (SSSR count). The fourth-order valence-electron chi connectivity index (χ4n) is 4.47. The number of piperidine rings is 1. The molecular weight excluding hydrogens is 390 g/mol. The molecule has 2 aliphatic heterocycles. The van der Waals surface area contributed by atoms with Crippen LogP contribution < -0.4 is 4.90 Å². The van der Waals surface area contributed by atoms with Crippen LogP contribution in [0.1, 0.15) is 68.2 Å². The van der Waals surface area contributed by atoms with Crippen molar-refractivity contribution in [2.75, 3.05) is 18.0 Å². The van der Waals surface area contributed by atoms with Gasteiger partial charge in [-0.15, -0.1) is 0 Å². The van der Waals surface area contributed by atoms with Crippen molar-refractivity contribution in [2.24, 2.45) is 5.92 Å². The minimum Gasteiger partial charge on any atom is -0.343 e. The van der Waals surface area contributed by atoms with E-state index in [0.29, 0.717) is 31.7 Å². The number of carbonyl (C=O) groups is 2. The molecule has 7 heteroatoms. The number of anilines is 1. The quantitative estimate of drug-likeness (QED) is 0.739. The number of rotatable bonds is 5. The highest BCUT2D eigenvalue weighted by Crippen LogP contribution is 2.33. The molecule has 0 N–H and O–H groups in total. The van der Waals surface area contributed by atoms with Crippen molar-refractivity contribution >= 4 is 17.6 Å². The molecule has 4 heterocycles. The van der Waals surface area contributed by atoms with E-state index in [2.05, 4.69) is 18.8 Å². The Morgan fingerprint density at radius 1 is 1.16 bits per heavy atom. The van der Waals surface area contributed by atoms with E-state index in [1.54, 1.807) is 11.1 Å². The zero-order valence-electron chi connectivity index (χ0n) is 18.7. The summed E-state index contributed by atoms with van der Waals surface area (Å²) in [7, 11) is 0. The highest BCUT2D eigenvalue weighted by Gasteiger charge is 2.31. The summed E-state index contributed by atoms with van der Waals surface area (Å²) in [5, 5.41) is 0. The summed E-state index contributed by atoms with van der Waals surface area (Å²) in [6.45, 7) is 8.07. The molecule has 164 valence electrons. The monoisotopic (exact) mass is 421 g/mol. The highest BCUT2D eigenvalue weighted by molar-refractivity contribution is 5.95. The number of hydrogen-bond acceptors (Lipinski definition) is 5. The van der Waals surface area contributed by atoms with Gasteiger partial charge < -0.3 is 4.90 Å². The zero-order chi connectivity index (χ0) is 22.0. The lowest BCUT2D eigenvalue weighted by Crippen LogP contribution is -2.39. The molecule has 2 aromatic rings. The van der Waals surface area contributed by atoms with Gasteiger partial charge in [0.2, 0.25) is 11.8 Å². The molecule has 0 spiro atoms. The summed E-state index contributed by atoms with van der Waals surface area (Å²) in [4.78, 5) is 43.0. The highest BCUT2D eigenvalue weighted by atomic mass is 16.2. The molecule has 2 aliphatic rings. The van der Waals surface area contributed by atoms with Crippen LogP contribution in [0.5, 0.6) is 0 Å². The van der Waals surface area contributed by atoms with Gasteiger partial charge in [-0.1, -0.05) is 19.9 Å². The Morgan fingerprint density at radius 2 is 1.94 bits per heavy atom. The molecule has 0 aromatic carbocycles. The van der Waals surface area contributed by atoms with Crippen molar-refractivity contribution in [3.63, 3.8) is 0 Å². The number of nitrogens with zero attached hydrogens (tertiary/aromatic N) is 5.